The molecule has 0 saturated heterocycles. The molecule has 0 spiro atoms. The fourth-order valence-corrected chi connectivity index (χ4v) is 3.38. The Bertz CT molecular complexity index is 898. The minimum Gasteiger partial charge on any atom is -0.365 e. The zero-order valence-electron chi connectivity index (χ0n) is 16.4. The van der Waals surface area contributed by atoms with Crippen molar-refractivity contribution in [3.63, 3.8) is 0 Å². The van der Waals surface area contributed by atoms with E-state index in [1.54, 1.807) is 0 Å². The van der Waals surface area contributed by atoms with E-state index in [0.717, 1.165) is 18.3 Å². The van der Waals surface area contributed by atoms with Crippen LogP contribution in [0, 0.1) is 11.3 Å². The number of carbonyl (C=O) groups excluding carboxylic acids is 1. The average molecular weight is 394 g/mol. The summed E-state index contributed by atoms with van der Waals surface area (Å²) in [7, 11) is 0. The predicted octanol–water partition coefficient (Wildman–Crippen LogP) is 3.36. The van der Waals surface area contributed by atoms with Crippen LogP contribution in [-0.2, 0) is 0 Å². The number of primary amides is 1. The van der Waals surface area contributed by atoms with E-state index < -0.39 is 5.91 Å². The summed E-state index contributed by atoms with van der Waals surface area (Å²) >= 11 is 0. The largest absolute Gasteiger partial charge is 0.365 e. The molecular formula is C20H26N8O. The fourth-order valence-electron chi connectivity index (χ4n) is 3.38. The summed E-state index contributed by atoms with van der Waals surface area (Å²) in [6.45, 7) is 2.23. The van der Waals surface area contributed by atoms with Crippen LogP contribution in [0.15, 0.2) is 35.6 Å². The molecule has 2 aromatic rings. The molecule has 9 heteroatoms. The van der Waals surface area contributed by atoms with Gasteiger partial charge in [0, 0.05) is 24.1 Å². The van der Waals surface area contributed by atoms with Gasteiger partial charge in [-0.3, -0.25) is 10.2 Å². The monoisotopic (exact) mass is 394 g/mol. The molecule has 1 fully saturated rings. The van der Waals surface area contributed by atoms with Gasteiger partial charge >= 0.3 is 0 Å². The van der Waals surface area contributed by atoms with Crippen molar-refractivity contribution in [3.8, 4) is 0 Å². The molecule has 6 N–H and O–H groups in total. The zero-order valence-corrected chi connectivity index (χ0v) is 16.4. The normalized spacial score (nSPS) is 18.9. The first-order valence-corrected chi connectivity index (χ1v) is 9.65. The number of hydrogen-bond acceptors (Lipinski definition) is 8. The first kappa shape index (κ1) is 20.2. The van der Waals surface area contributed by atoms with Crippen LogP contribution in [0.5, 0.6) is 0 Å². The van der Waals surface area contributed by atoms with Crippen LogP contribution < -0.4 is 21.8 Å². The quantitative estimate of drug-likeness (QED) is 0.343. The van der Waals surface area contributed by atoms with Gasteiger partial charge in [-0.05, 0) is 37.0 Å². The predicted molar refractivity (Wildman–Crippen MR) is 116 cm³/mol. The number of amides is 1. The molecule has 1 aliphatic carbocycles. The van der Waals surface area contributed by atoms with Crippen molar-refractivity contribution in [2.75, 3.05) is 16.1 Å². The molecule has 1 aromatic carbocycles. The molecule has 3 rings (SSSR count). The second-order valence-electron chi connectivity index (χ2n) is 7.10. The standard InChI is InChI=1S/C20H26N8O/c1-13-5-2-3-8-17(13)26-20-23-12-16(18(22)29)19(27-20)25-14-6-4-7-15(11-14)28-24-10-9-21/h4,6-7,9-13,17,21,28H,2-3,5,8H2,1H3,(H2,22,29)(H2,23,25,26,27)/b21-9?,24-10-/t13-,17+/m0/s1. The third-order valence-electron chi connectivity index (χ3n) is 4.95. The topological polar surface area (TPSA) is 141 Å². The summed E-state index contributed by atoms with van der Waals surface area (Å²) in [5, 5.41) is 17.4. The van der Waals surface area contributed by atoms with Crippen molar-refractivity contribution in [2.45, 2.75) is 38.6 Å². The van der Waals surface area contributed by atoms with Gasteiger partial charge in [0.25, 0.3) is 5.91 Å². The minimum absolute atomic E-state index is 0.215. The number of nitrogens with two attached hydrogens (primary N) is 1. The summed E-state index contributed by atoms with van der Waals surface area (Å²) in [6, 6.07) is 7.63. The van der Waals surface area contributed by atoms with Crippen molar-refractivity contribution in [2.24, 2.45) is 16.8 Å². The van der Waals surface area contributed by atoms with E-state index in [4.69, 9.17) is 11.1 Å². The molecule has 1 heterocycles. The Hall–Kier alpha value is -3.49. The molecule has 152 valence electrons. The van der Waals surface area contributed by atoms with Crippen molar-refractivity contribution in [3.05, 3.63) is 36.0 Å². The molecule has 29 heavy (non-hydrogen) atoms. The van der Waals surface area contributed by atoms with Gasteiger partial charge in [0.05, 0.1) is 11.9 Å². The molecule has 0 aliphatic heterocycles. The Labute approximate surface area is 169 Å². The lowest BCUT2D eigenvalue weighted by Crippen LogP contribution is -2.31. The summed E-state index contributed by atoms with van der Waals surface area (Å²) < 4.78 is 0. The average Bonchev–Trinajstić information content (AvgIpc) is 2.70. The number of aromatic nitrogens is 2. The molecular weight excluding hydrogens is 368 g/mol. The van der Waals surface area contributed by atoms with Gasteiger partial charge in [0.1, 0.15) is 11.4 Å². The van der Waals surface area contributed by atoms with Crippen molar-refractivity contribution in [1.29, 1.82) is 5.41 Å². The maximum atomic E-state index is 11.8. The van der Waals surface area contributed by atoms with Crippen molar-refractivity contribution in [1.82, 2.24) is 9.97 Å². The Morgan fingerprint density at radius 1 is 1.31 bits per heavy atom. The van der Waals surface area contributed by atoms with Crippen molar-refractivity contribution >= 4 is 41.5 Å². The lowest BCUT2D eigenvalue weighted by atomic mass is 9.86. The lowest BCUT2D eigenvalue weighted by molar-refractivity contribution is 0.100. The molecule has 1 amide bonds. The van der Waals surface area contributed by atoms with E-state index in [9.17, 15) is 4.79 Å². The Kier molecular flexibility index (Phi) is 6.72. The first-order valence-electron chi connectivity index (χ1n) is 9.65. The molecule has 0 bridgehead atoms. The zero-order chi connectivity index (χ0) is 20.6. The molecule has 9 nitrogen and oxygen atoms in total. The van der Waals surface area contributed by atoms with E-state index in [0.29, 0.717) is 29.4 Å². The number of nitrogens with zero attached hydrogens (tertiary/aromatic N) is 3. The SMILES string of the molecule is C[C@H]1CCCC[C@H]1Nc1ncc(C(N)=O)c(Nc2cccc(N/N=C\C=N)c2)n1. The minimum atomic E-state index is -0.602. The number of anilines is 4. The maximum Gasteiger partial charge on any atom is 0.254 e. The van der Waals surface area contributed by atoms with Gasteiger partial charge < -0.3 is 21.8 Å². The van der Waals surface area contributed by atoms with E-state index >= 15 is 0 Å². The van der Waals surface area contributed by atoms with Gasteiger partial charge in [-0.15, -0.1) is 0 Å². The lowest BCUT2D eigenvalue weighted by Gasteiger charge is -2.29. The Morgan fingerprint density at radius 3 is 2.86 bits per heavy atom. The molecule has 1 aromatic heterocycles. The van der Waals surface area contributed by atoms with E-state index in [-0.39, 0.29) is 5.56 Å². The second-order valence-corrected chi connectivity index (χ2v) is 7.10. The summed E-state index contributed by atoms with van der Waals surface area (Å²) in [5.74, 6) is 0.763. The highest BCUT2D eigenvalue weighted by molar-refractivity contribution is 6.14. The van der Waals surface area contributed by atoms with Gasteiger partial charge in [0.2, 0.25) is 5.95 Å². The van der Waals surface area contributed by atoms with Crippen LogP contribution in [0.2, 0.25) is 0 Å². The highest BCUT2D eigenvalue weighted by Gasteiger charge is 2.22. The van der Waals surface area contributed by atoms with Gasteiger partial charge in [0.15, 0.2) is 0 Å². The van der Waals surface area contributed by atoms with Crippen LogP contribution in [0.1, 0.15) is 43.0 Å². The smallest absolute Gasteiger partial charge is 0.254 e. The van der Waals surface area contributed by atoms with Crippen LogP contribution in [0.25, 0.3) is 0 Å². The number of carbonyl (C=O) groups is 1. The number of nitrogens with one attached hydrogen (secondary N) is 4. The van der Waals surface area contributed by atoms with Crippen LogP contribution in [0.4, 0.5) is 23.1 Å². The number of benzene rings is 1. The number of hydrogen-bond donors (Lipinski definition) is 5. The summed E-state index contributed by atoms with van der Waals surface area (Å²) in [5.41, 5.74) is 9.97. The molecule has 1 aliphatic rings. The third kappa shape index (κ3) is 5.50. The van der Waals surface area contributed by atoms with Gasteiger partial charge in [-0.25, -0.2) is 4.98 Å². The van der Waals surface area contributed by atoms with E-state index in [2.05, 4.69) is 38.1 Å². The van der Waals surface area contributed by atoms with E-state index in [1.165, 1.54) is 31.7 Å². The van der Waals surface area contributed by atoms with Gasteiger partial charge in [-0.1, -0.05) is 25.8 Å². The number of hydrazone groups is 1. The van der Waals surface area contributed by atoms with Crippen molar-refractivity contribution < 1.29 is 4.79 Å². The molecule has 2 atom stereocenters. The number of rotatable bonds is 8. The van der Waals surface area contributed by atoms with Gasteiger partial charge in [-0.2, -0.15) is 10.1 Å². The molecule has 0 radical (unpaired) electrons. The van der Waals surface area contributed by atoms with E-state index in [1.807, 2.05) is 24.3 Å². The molecule has 1 saturated carbocycles. The third-order valence-corrected chi connectivity index (χ3v) is 4.95. The van der Waals surface area contributed by atoms with Crippen LogP contribution >= 0.6 is 0 Å². The Balaban J connectivity index is 1.81. The maximum absolute atomic E-state index is 11.8. The highest BCUT2D eigenvalue weighted by Crippen LogP contribution is 2.27. The summed E-state index contributed by atoms with van der Waals surface area (Å²) in [6.07, 6.45) is 8.56. The highest BCUT2D eigenvalue weighted by atomic mass is 16.1. The van der Waals surface area contributed by atoms with Crippen LogP contribution in [-0.4, -0.2) is 34.3 Å². The second kappa shape index (κ2) is 9.63. The fraction of sp³-hybridized carbons (Fsp3) is 0.350. The molecule has 0 unspecified atom stereocenters. The Morgan fingerprint density at radius 2 is 2.10 bits per heavy atom. The first-order chi connectivity index (χ1) is 14.1. The summed E-state index contributed by atoms with van der Waals surface area (Å²) in [4.78, 5) is 20.6. The van der Waals surface area contributed by atoms with Crippen LogP contribution in [0.3, 0.4) is 0 Å².